The number of ether oxygens (including phenoxy) is 4. The molecule has 6 aromatic rings. The van der Waals surface area contributed by atoms with E-state index >= 15 is 0 Å². The molecule has 286 valence electrons. The smallest absolute Gasteiger partial charge is 0.330 e. The van der Waals surface area contributed by atoms with Crippen LogP contribution in [-0.4, -0.2) is 91.7 Å². The Labute approximate surface area is 317 Å². The van der Waals surface area contributed by atoms with Gasteiger partial charge in [0.1, 0.15) is 36.0 Å². The summed E-state index contributed by atoms with van der Waals surface area (Å²) in [5.74, 6) is -0.291. The van der Waals surface area contributed by atoms with Crippen molar-refractivity contribution in [3.63, 3.8) is 0 Å². The van der Waals surface area contributed by atoms with Gasteiger partial charge in [0.2, 0.25) is 0 Å². The van der Waals surface area contributed by atoms with Crippen LogP contribution >= 0.6 is 0 Å². The number of rotatable bonds is 11. The van der Waals surface area contributed by atoms with E-state index in [-0.39, 0.29) is 37.3 Å². The van der Waals surface area contributed by atoms with Crippen molar-refractivity contribution >= 4 is 22.9 Å². The second-order valence-corrected chi connectivity index (χ2v) is 14.8. The zero-order valence-electron chi connectivity index (χ0n) is 30.0. The molecule has 3 N–H and O–H groups in total. The summed E-state index contributed by atoms with van der Waals surface area (Å²) in [6, 6.07) is 18.2. The van der Waals surface area contributed by atoms with E-state index in [1.165, 1.54) is 17.1 Å². The molecule has 4 bridgehead atoms. The minimum atomic E-state index is -0.994. The summed E-state index contributed by atoms with van der Waals surface area (Å²) in [7, 11) is 0. The van der Waals surface area contributed by atoms with Gasteiger partial charge < -0.3 is 29.4 Å². The van der Waals surface area contributed by atoms with Crippen LogP contribution in [0.3, 0.4) is 0 Å². The highest BCUT2D eigenvalue weighted by Crippen LogP contribution is 2.62. The lowest BCUT2D eigenvalue weighted by atomic mass is 9.69. The highest BCUT2D eigenvalue weighted by atomic mass is 16.7. The molecule has 56 heavy (non-hydrogen) atoms. The van der Waals surface area contributed by atoms with E-state index in [1.807, 2.05) is 42.6 Å². The SMILES string of the molecule is Cc1cn([C@@H]2O[C@@]3(CO)CC2[C@@H]3n2cc(C[C@@]34CO[C@@H]([C@H](n5cnc6c(NC(=O)c7ccccc7)ncnc65)O3)[C@@H]4OCc3ccccc3)nn2)c(=O)[nH]c1=O. The molecule has 11 rings (SSSR count). The minimum Gasteiger partial charge on any atom is -0.393 e. The third-order valence-electron chi connectivity index (χ3n) is 11.4. The average molecular weight is 761 g/mol. The zero-order chi connectivity index (χ0) is 38.2. The topological polar surface area (TPSA) is 215 Å². The molecule has 4 saturated heterocycles. The number of amides is 1. The van der Waals surface area contributed by atoms with Gasteiger partial charge in [-0.3, -0.25) is 23.7 Å². The molecule has 0 spiro atoms. The van der Waals surface area contributed by atoms with Crippen molar-refractivity contribution in [2.45, 2.75) is 68.3 Å². The standard InChI is InChI=1S/C38H36N10O8/c1-21-14-46(36(52)43-32(21)50)34-25-13-37(17-49,55-34)28(25)48-15-24(44-45-48)12-38-18-54-27(29(38)53-16-22-8-4-2-5-9-22)35(56-38)47-20-41-26-30(39-19-40-31(26)47)42-33(51)23-10-6-3-7-11-23/h2-11,14-15,19-20,25,27-29,34-35,49H,12-13,16-18H2,1H3,(H,43,50,52)(H,39,40,42,51)/t25?,27-,28+,29+,34-,35-,37-,38+/m1/s1. The Balaban J connectivity index is 0.941. The number of hydrogen-bond acceptors (Lipinski definition) is 13. The first-order chi connectivity index (χ1) is 27.3. The Bertz CT molecular complexity index is 2580. The molecule has 0 radical (unpaired) electrons. The van der Waals surface area contributed by atoms with Crippen LogP contribution in [0.2, 0.25) is 0 Å². The number of anilines is 1. The Morgan fingerprint density at radius 3 is 2.59 bits per heavy atom. The Morgan fingerprint density at radius 1 is 1.00 bits per heavy atom. The van der Waals surface area contributed by atoms with Gasteiger partial charge in [-0.1, -0.05) is 53.7 Å². The summed E-state index contributed by atoms with van der Waals surface area (Å²) in [6.07, 6.45) is 4.51. The zero-order valence-corrected chi connectivity index (χ0v) is 30.0. The first-order valence-corrected chi connectivity index (χ1v) is 18.3. The molecular formula is C38H36N10O8. The van der Waals surface area contributed by atoms with Crippen LogP contribution in [0.15, 0.2) is 95.3 Å². The number of nitrogens with zero attached hydrogens (tertiary/aromatic N) is 8. The number of imidazole rings is 1. The van der Waals surface area contributed by atoms with Crippen molar-refractivity contribution in [1.82, 2.24) is 44.1 Å². The summed E-state index contributed by atoms with van der Waals surface area (Å²) in [5, 5.41) is 22.4. The van der Waals surface area contributed by atoms with Gasteiger partial charge in [0.15, 0.2) is 23.2 Å². The number of aliphatic hydroxyl groups is 1. The number of aromatic amines is 1. The molecular weight excluding hydrogens is 724 g/mol. The summed E-state index contributed by atoms with van der Waals surface area (Å²) in [6.45, 7) is 1.85. The molecule has 4 aromatic heterocycles. The van der Waals surface area contributed by atoms with Gasteiger partial charge in [-0.15, -0.1) is 5.10 Å². The van der Waals surface area contributed by atoms with Gasteiger partial charge in [-0.2, -0.15) is 0 Å². The lowest BCUT2D eigenvalue weighted by molar-refractivity contribution is -0.173. The maximum atomic E-state index is 13.0. The third-order valence-corrected chi connectivity index (χ3v) is 11.4. The molecule has 4 aliphatic heterocycles. The number of hydrogen-bond donors (Lipinski definition) is 3. The maximum Gasteiger partial charge on any atom is 0.330 e. The number of benzene rings is 2. The number of carbonyl (C=O) groups excluding carboxylic acids is 1. The van der Waals surface area contributed by atoms with E-state index in [4.69, 9.17) is 18.9 Å². The minimum absolute atomic E-state index is 0.215. The number of aromatic nitrogens is 9. The number of aliphatic hydroxyl groups excluding tert-OH is 1. The van der Waals surface area contributed by atoms with E-state index in [2.05, 4.69) is 35.6 Å². The molecule has 18 nitrogen and oxygen atoms in total. The van der Waals surface area contributed by atoms with Crippen molar-refractivity contribution in [3.05, 3.63) is 129 Å². The van der Waals surface area contributed by atoms with Crippen molar-refractivity contribution in [1.29, 1.82) is 0 Å². The van der Waals surface area contributed by atoms with Crippen molar-refractivity contribution in [2.24, 2.45) is 5.92 Å². The molecule has 1 amide bonds. The second kappa shape index (κ2) is 13.1. The number of carbonyl (C=O) groups is 1. The molecule has 8 atom stereocenters. The van der Waals surface area contributed by atoms with E-state index in [0.29, 0.717) is 41.0 Å². The van der Waals surface area contributed by atoms with Crippen molar-refractivity contribution < 1.29 is 28.8 Å². The molecule has 1 aliphatic carbocycles. The summed E-state index contributed by atoms with van der Waals surface area (Å²) >= 11 is 0. The predicted octanol–water partition coefficient (Wildman–Crippen LogP) is 1.84. The highest BCUT2D eigenvalue weighted by Gasteiger charge is 2.68. The number of fused-ring (bicyclic) bond motifs is 4. The van der Waals surface area contributed by atoms with E-state index in [9.17, 15) is 19.5 Å². The summed E-state index contributed by atoms with van der Waals surface area (Å²) in [5.41, 5.74) is 0.229. The summed E-state index contributed by atoms with van der Waals surface area (Å²) in [4.78, 5) is 53.6. The van der Waals surface area contributed by atoms with Crippen LogP contribution in [0.5, 0.6) is 0 Å². The molecule has 5 fully saturated rings. The third kappa shape index (κ3) is 5.43. The predicted molar refractivity (Wildman–Crippen MR) is 194 cm³/mol. The number of aryl methyl sites for hydroxylation is 1. The molecule has 18 heteroatoms. The lowest BCUT2D eigenvalue weighted by Crippen LogP contribution is -2.51. The van der Waals surface area contributed by atoms with Gasteiger partial charge in [-0.05, 0) is 31.0 Å². The van der Waals surface area contributed by atoms with Gasteiger partial charge in [0, 0.05) is 35.9 Å². The molecule has 2 aromatic carbocycles. The maximum absolute atomic E-state index is 13.0. The number of nitrogens with one attached hydrogen (secondary N) is 2. The lowest BCUT2D eigenvalue weighted by Gasteiger charge is -2.42. The Kier molecular flexibility index (Phi) is 8.08. The molecule has 1 saturated carbocycles. The molecule has 1 unspecified atom stereocenters. The second-order valence-electron chi connectivity index (χ2n) is 14.8. The van der Waals surface area contributed by atoms with Crippen LogP contribution in [0.4, 0.5) is 5.82 Å². The van der Waals surface area contributed by atoms with Crippen molar-refractivity contribution in [3.8, 4) is 0 Å². The van der Waals surface area contributed by atoms with Crippen LogP contribution in [0.25, 0.3) is 11.2 Å². The Hall–Kier alpha value is -5.92. The van der Waals surface area contributed by atoms with Gasteiger partial charge in [-0.25, -0.2) is 24.4 Å². The quantitative estimate of drug-likeness (QED) is 0.172. The summed E-state index contributed by atoms with van der Waals surface area (Å²) < 4.78 is 31.2. The van der Waals surface area contributed by atoms with Crippen molar-refractivity contribution in [2.75, 3.05) is 18.5 Å². The highest BCUT2D eigenvalue weighted by molar-refractivity contribution is 6.06. The fourth-order valence-corrected chi connectivity index (χ4v) is 8.73. The van der Waals surface area contributed by atoms with E-state index in [1.54, 1.807) is 46.8 Å². The normalized spacial score (nSPS) is 28.8. The number of H-pyrrole nitrogens is 1. The first kappa shape index (κ1) is 34.6. The van der Waals surface area contributed by atoms with E-state index in [0.717, 1.165) is 5.56 Å². The first-order valence-electron chi connectivity index (χ1n) is 18.3. The van der Waals surface area contributed by atoms with Gasteiger partial charge in [0.25, 0.3) is 11.5 Å². The molecule has 5 aliphatic rings. The van der Waals surface area contributed by atoms with Crippen LogP contribution in [-0.2, 0) is 32.0 Å². The molecule has 8 heterocycles. The van der Waals surface area contributed by atoms with Crippen LogP contribution in [0, 0.1) is 12.8 Å². The fourth-order valence-electron chi connectivity index (χ4n) is 8.73. The van der Waals surface area contributed by atoms with E-state index < -0.39 is 53.2 Å². The van der Waals surface area contributed by atoms with Crippen LogP contribution in [0.1, 0.15) is 52.1 Å². The Morgan fingerprint density at radius 2 is 1.79 bits per heavy atom. The average Bonchev–Trinajstić information content (AvgIpc) is 4.07. The fraction of sp³-hybridized carbons (Fsp3) is 0.368. The van der Waals surface area contributed by atoms with Crippen LogP contribution < -0.4 is 16.6 Å². The van der Waals surface area contributed by atoms with Gasteiger partial charge in [0.05, 0.1) is 37.9 Å². The largest absolute Gasteiger partial charge is 0.393 e. The van der Waals surface area contributed by atoms with Gasteiger partial charge >= 0.3 is 5.69 Å². The monoisotopic (exact) mass is 760 g/mol.